The molecular formula is C23H32N4O6. The van der Waals surface area contributed by atoms with Crippen molar-refractivity contribution in [3.05, 3.63) is 35.5 Å². The average Bonchev–Trinajstić information content (AvgIpc) is 3.19. The molecule has 180 valence electrons. The second-order valence-corrected chi connectivity index (χ2v) is 8.07. The van der Waals surface area contributed by atoms with Crippen molar-refractivity contribution in [3.63, 3.8) is 0 Å². The van der Waals surface area contributed by atoms with Crippen LogP contribution in [0, 0.1) is 6.92 Å². The lowest BCUT2D eigenvalue weighted by Gasteiger charge is -2.36. The number of ether oxygens (including phenoxy) is 2. The Morgan fingerprint density at radius 2 is 2.03 bits per heavy atom. The van der Waals surface area contributed by atoms with E-state index in [1.165, 1.54) is 0 Å². The number of nitrogens with zero attached hydrogens (tertiary/aromatic N) is 2. The molecule has 1 aliphatic heterocycles. The highest BCUT2D eigenvalue weighted by atomic mass is 16.5. The number of aromatic nitrogens is 1. The van der Waals surface area contributed by atoms with Crippen LogP contribution >= 0.6 is 0 Å². The van der Waals surface area contributed by atoms with Gasteiger partial charge in [-0.3, -0.25) is 10.1 Å². The second kappa shape index (κ2) is 11.7. The minimum Gasteiger partial charge on any atom is -0.481 e. The fourth-order valence-corrected chi connectivity index (χ4v) is 4.15. The molecule has 33 heavy (non-hydrogen) atoms. The molecule has 0 radical (unpaired) electrons. The number of rotatable bonds is 10. The van der Waals surface area contributed by atoms with Crippen molar-refractivity contribution in [1.82, 2.24) is 5.16 Å². The van der Waals surface area contributed by atoms with E-state index >= 15 is 0 Å². The molecule has 1 aromatic heterocycles. The molecule has 1 atom stereocenters. The van der Waals surface area contributed by atoms with Crippen molar-refractivity contribution in [3.8, 4) is 0 Å². The molecule has 2 aromatic rings. The summed E-state index contributed by atoms with van der Waals surface area (Å²) in [5.41, 5.74) is 2.88. The molecule has 10 nitrogen and oxygen atoms in total. The summed E-state index contributed by atoms with van der Waals surface area (Å²) >= 11 is 0. The Labute approximate surface area is 193 Å². The Morgan fingerprint density at radius 3 is 2.64 bits per heavy atom. The summed E-state index contributed by atoms with van der Waals surface area (Å²) in [6.07, 6.45) is 1.71. The molecule has 0 bridgehead atoms. The van der Waals surface area contributed by atoms with Crippen LogP contribution in [0.25, 0.3) is 0 Å². The second-order valence-electron chi connectivity index (χ2n) is 8.07. The number of aryl methyl sites for hydroxylation is 1. The van der Waals surface area contributed by atoms with E-state index in [9.17, 15) is 14.7 Å². The molecule has 1 saturated heterocycles. The minimum absolute atomic E-state index is 0.0758. The number of urea groups is 1. The number of benzene rings is 1. The molecular weight excluding hydrogens is 428 g/mol. The fraction of sp³-hybridized carbons (Fsp3) is 0.522. The predicted molar refractivity (Wildman–Crippen MR) is 124 cm³/mol. The number of carboxylic acid groups (broad SMARTS) is 1. The summed E-state index contributed by atoms with van der Waals surface area (Å²) in [6, 6.07) is 7.10. The first kappa shape index (κ1) is 24.5. The third kappa shape index (κ3) is 6.69. The maximum absolute atomic E-state index is 12.7. The molecule has 0 spiro atoms. The summed E-state index contributed by atoms with van der Waals surface area (Å²) in [6.45, 7) is 6.23. The van der Waals surface area contributed by atoms with Crippen LogP contribution in [0.15, 0.2) is 28.8 Å². The van der Waals surface area contributed by atoms with Gasteiger partial charge >= 0.3 is 12.0 Å². The molecule has 10 heteroatoms. The van der Waals surface area contributed by atoms with Gasteiger partial charge in [0.25, 0.3) is 0 Å². The molecule has 1 unspecified atom stereocenters. The SMILES string of the molecule is CCN(c1ccc(C(COC)CC(=O)O)cc1NC(=O)Nc1cc(C)no1)C1CCOCC1. The van der Waals surface area contributed by atoms with E-state index in [-0.39, 0.29) is 30.9 Å². The Kier molecular flexibility index (Phi) is 8.67. The largest absolute Gasteiger partial charge is 0.481 e. The predicted octanol–water partition coefficient (Wildman–Crippen LogP) is 3.84. The highest BCUT2D eigenvalue weighted by Crippen LogP contribution is 2.34. The van der Waals surface area contributed by atoms with E-state index in [4.69, 9.17) is 14.0 Å². The van der Waals surface area contributed by atoms with Gasteiger partial charge in [-0.1, -0.05) is 11.2 Å². The van der Waals surface area contributed by atoms with Gasteiger partial charge in [-0.25, -0.2) is 4.79 Å². The maximum Gasteiger partial charge on any atom is 0.326 e. The van der Waals surface area contributed by atoms with Crippen LogP contribution in [0.5, 0.6) is 0 Å². The summed E-state index contributed by atoms with van der Waals surface area (Å²) in [4.78, 5) is 26.4. The summed E-state index contributed by atoms with van der Waals surface area (Å²) in [7, 11) is 1.54. The van der Waals surface area contributed by atoms with E-state index in [0.29, 0.717) is 24.6 Å². The van der Waals surface area contributed by atoms with Crippen LogP contribution in [0.1, 0.15) is 43.4 Å². The molecule has 3 rings (SSSR count). The quantitative estimate of drug-likeness (QED) is 0.488. The number of methoxy groups -OCH3 is 1. The van der Waals surface area contributed by atoms with Gasteiger partial charge in [0.1, 0.15) is 0 Å². The van der Waals surface area contributed by atoms with E-state index in [1.807, 2.05) is 18.2 Å². The van der Waals surface area contributed by atoms with Gasteiger partial charge in [-0.05, 0) is 44.4 Å². The summed E-state index contributed by atoms with van der Waals surface area (Å²) in [5.74, 6) is -1.02. The van der Waals surface area contributed by atoms with Crippen LogP contribution in [-0.4, -0.2) is 61.8 Å². The normalized spacial score (nSPS) is 15.1. The number of hydrogen-bond acceptors (Lipinski definition) is 7. The van der Waals surface area contributed by atoms with Gasteiger partial charge in [0, 0.05) is 44.9 Å². The fourth-order valence-electron chi connectivity index (χ4n) is 4.15. The van der Waals surface area contributed by atoms with E-state index < -0.39 is 12.0 Å². The van der Waals surface area contributed by atoms with Crippen LogP contribution in [-0.2, 0) is 14.3 Å². The summed E-state index contributed by atoms with van der Waals surface area (Å²) < 4.78 is 15.8. The molecule has 1 aliphatic rings. The first-order valence-electron chi connectivity index (χ1n) is 11.1. The zero-order valence-electron chi connectivity index (χ0n) is 19.3. The van der Waals surface area contributed by atoms with E-state index in [1.54, 1.807) is 20.1 Å². The van der Waals surface area contributed by atoms with Gasteiger partial charge < -0.3 is 29.3 Å². The summed E-state index contributed by atoms with van der Waals surface area (Å²) in [5, 5.41) is 18.7. The van der Waals surface area contributed by atoms with Crippen molar-refractivity contribution in [2.24, 2.45) is 0 Å². The van der Waals surface area contributed by atoms with Gasteiger partial charge in [0.2, 0.25) is 5.88 Å². The average molecular weight is 461 g/mol. The monoisotopic (exact) mass is 460 g/mol. The highest BCUT2D eigenvalue weighted by molar-refractivity contribution is 6.01. The molecule has 0 aliphatic carbocycles. The number of carboxylic acids is 1. The first-order chi connectivity index (χ1) is 15.9. The molecule has 0 saturated carbocycles. The maximum atomic E-state index is 12.7. The standard InChI is InChI=1S/C23H32N4O6/c1-4-27(18-7-9-32-10-8-18)20-6-5-16(17(14-31-3)13-22(28)29)12-19(20)24-23(30)25-21-11-15(2)26-33-21/h5-6,11-12,17-18H,4,7-10,13-14H2,1-3H3,(H,28,29)(H2,24,25,30). The van der Waals surface area contributed by atoms with Gasteiger partial charge in [0.05, 0.1) is 30.1 Å². The Bertz CT molecular complexity index is 941. The lowest BCUT2D eigenvalue weighted by atomic mass is 9.95. The van der Waals surface area contributed by atoms with E-state index in [2.05, 4.69) is 27.6 Å². The molecule has 2 amide bonds. The zero-order chi connectivity index (χ0) is 23.8. The number of carbonyl (C=O) groups excluding carboxylic acids is 1. The van der Waals surface area contributed by atoms with Gasteiger partial charge in [-0.15, -0.1) is 0 Å². The van der Waals surface area contributed by atoms with Crippen molar-refractivity contribution in [1.29, 1.82) is 0 Å². The van der Waals surface area contributed by atoms with E-state index in [0.717, 1.165) is 30.6 Å². The molecule has 1 aromatic carbocycles. The first-order valence-corrected chi connectivity index (χ1v) is 11.1. The number of aliphatic carboxylic acids is 1. The zero-order valence-corrected chi connectivity index (χ0v) is 19.3. The highest BCUT2D eigenvalue weighted by Gasteiger charge is 2.25. The third-order valence-corrected chi connectivity index (χ3v) is 5.68. The van der Waals surface area contributed by atoms with Crippen LogP contribution in [0.3, 0.4) is 0 Å². The van der Waals surface area contributed by atoms with Gasteiger partial charge in [0.15, 0.2) is 0 Å². The number of nitrogens with one attached hydrogen (secondary N) is 2. The van der Waals surface area contributed by atoms with Crippen molar-refractivity contribution in [2.45, 2.75) is 45.1 Å². The van der Waals surface area contributed by atoms with Gasteiger partial charge in [-0.2, -0.15) is 0 Å². The number of hydrogen-bond donors (Lipinski definition) is 3. The molecule has 3 N–H and O–H groups in total. The topological polar surface area (TPSA) is 126 Å². The Balaban J connectivity index is 1.92. The number of amides is 2. The smallest absolute Gasteiger partial charge is 0.326 e. The molecule has 2 heterocycles. The van der Waals surface area contributed by atoms with Crippen LogP contribution in [0.2, 0.25) is 0 Å². The van der Waals surface area contributed by atoms with Crippen LogP contribution in [0.4, 0.5) is 22.1 Å². The minimum atomic E-state index is -0.911. The van der Waals surface area contributed by atoms with Crippen molar-refractivity contribution >= 4 is 29.3 Å². The Hall–Kier alpha value is -3.11. The lowest BCUT2D eigenvalue weighted by molar-refractivity contribution is -0.137. The third-order valence-electron chi connectivity index (χ3n) is 5.68. The van der Waals surface area contributed by atoms with Crippen LogP contribution < -0.4 is 15.5 Å². The van der Waals surface area contributed by atoms with Crippen molar-refractivity contribution in [2.75, 3.05) is 49.0 Å². The Morgan fingerprint density at radius 1 is 1.27 bits per heavy atom. The number of anilines is 3. The van der Waals surface area contributed by atoms with Crippen molar-refractivity contribution < 1.29 is 28.7 Å². The molecule has 1 fully saturated rings. The number of carbonyl (C=O) groups is 2. The lowest BCUT2D eigenvalue weighted by Crippen LogP contribution is -2.40.